The van der Waals surface area contributed by atoms with Crippen molar-refractivity contribution in [2.75, 3.05) is 0 Å². The molecule has 4 unspecified atom stereocenters. The maximum absolute atomic E-state index is 13.2. The predicted octanol–water partition coefficient (Wildman–Crippen LogP) is 5.82. The van der Waals surface area contributed by atoms with Gasteiger partial charge in [-0.3, -0.25) is 0 Å². The fourth-order valence-electron chi connectivity index (χ4n) is 6.93. The average molecular weight is 386 g/mol. The molecule has 0 aromatic carbocycles. The monoisotopic (exact) mass is 386 g/mol. The van der Waals surface area contributed by atoms with Crippen LogP contribution in [0.2, 0.25) is 0 Å². The van der Waals surface area contributed by atoms with Gasteiger partial charge in [-0.2, -0.15) is 26.3 Å². The number of alkyl halides is 6. The minimum Gasteiger partial charge on any atom is -0.374 e. The van der Waals surface area contributed by atoms with Crippen molar-refractivity contribution in [1.29, 1.82) is 0 Å². The van der Waals surface area contributed by atoms with Gasteiger partial charge in [0.2, 0.25) is 0 Å². The molecule has 0 spiro atoms. The number of rotatable bonds is 2. The van der Waals surface area contributed by atoms with Crippen LogP contribution in [0.4, 0.5) is 26.3 Å². The van der Waals surface area contributed by atoms with Crippen LogP contribution in [0.1, 0.15) is 53.9 Å². The molecule has 3 aliphatic carbocycles. The number of fused-ring (bicyclic) bond motifs is 4. The molecule has 3 saturated carbocycles. The summed E-state index contributed by atoms with van der Waals surface area (Å²) in [5.74, 6) is -0.0143. The summed E-state index contributed by atoms with van der Waals surface area (Å²) in [6.07, 6.45) is -11.7. The van der Waals surface area contributed by atoms with E-state index in [4.69, 9.17) is 0 Å². The standard InChI is InChI=1S/C19H28F6O/c1-9-12-7-10(13-14(15(9,2)3)16(13,4)5)6-11(12)8-17(26,18(20,21)22)19(23,24)25/h9-14,26H,6-8H2,1-5H3/t9?,10-,11?,12+,13?,14?/m1/s1. The summed E-state index contributed by atoms with van der Waals surface area (Å²) in [6, 6.07) is 0. The summed E-state index contributed by atoms with van der Waals surface area (Å²) in [5.41, 5.74) is -4.69. The van der Waals surface area contributed by atoms with Crippen molar-refractivity contribution in [2.45, 2.75) is 71.8 Å². The Labute approximate surface area is 150 Å². The van der Waals surface area contributed by atoms with Gasteiger partial charge in [0.25, 0.3) is 5.60 Å². The van der Waals surface area contributed by atoms with Gasteiger partial charge in [0.05, 0.1) is 0 Å². The summed E-state index contributed by atoms with van der Waals surface area (Å²) < 4.78 is 79.0. The molecule has 0 aliphatic heterocycles. The average Bonchev–Trinajstić information content (AvgIpc) is 2.84. The van der Waals surface area contributed by atoms with Crippen LogP contribution in [0.25, 0.3) is 0 Å². The molecule has 1 N–H and O–H groups in total. The smallest absolute Gasteiger partial charge is 0.374 e. The lowest BCUT2D eigenvalue weighted by molar-refractivity contribution is -0.373. The highest BCUT2D eigenvalue weighted by Gasteiger charge is 2.74. The summed E-state index contributed by atoms with van der Waals surface area (Å²) in [6.45, 7) is 10.5. The molecule has 0 amide bonds. The van der Waals surface area contributed by atoms with Gasteiger partial charge >= 0.3 is 12.4 Å². The van der Waals surface area contributed by atoms with Crippen molar-refractivity contribution >= 4 is 0 Å². The summed E-state index contributed by atoms with van der Waals surface area (Å²) >= 11 is 0. The molecule has 0 radical (unpaired) electrons. The van der Waals surface area contributed by atoms with E-state index in [9.17, 15) is 31.4 Å². The van der Waals surface area contributed by atoms with Crippen molar-refractivity contribution in [3.05, 3.63) is 0 Å². The van der Waals surface area contributed by atoms with Crippen LogP contribution in [-0.4, -0.2) is 23.1 Å². The molecule has 0 saturated heterocycles. The van der Waals surface area contributed by atoms with E-state index in [-0.39, 0.29) is 28.6 Å². The van der Waals surface area contributed by atoms with E-state index in [1.807, 2.05) is 6.92 Å². The first-order valence-corrected chi connectivity index (χ1v) is 9.32. The molecule has 3 fully saturated rings. The van der Waals surface area contributed by atoms with Crippen LogP contribution in [-0.2, 0) is 0 Å². The zero-order valence-electron chi connectivity index (χ0n) is 15.8. The Hall–Kier alpha value is -0.460. The largest absolute Gasteiger partial charge is 0.426 e. The highest BCUT2D eigenvalue weighted by molar-refractivity contribution is 5.18. The third kappa shape index (κ3) is 2.55. The van der Waals surface area contributed by atoms with Crippen molar-refractivity contribution in [2.24, 2.45) is 46.3 Å². The van der Waals surface area contributed by atoms with Crippen molar-refractivity contribution in [3.8, 4) is 0 Å². The molecule has 2 bridgehead atoms. The van der Waals surface area contributed by atoms with Gasteiger partial charge in [-0.05, 0) is 65.6 Å². The molecule has 26 heavy (non-hydrogen) atoms. The third-order valence-electron chi connectivity index (χ3n) is 8.32. The molecular formula is C19H28F6O. The fourth-order valence-corrected chi connectivity index (χ4v) is 6.93. The van der Waals surface area contributed by atoms with E-state index in [0.717, 1.165) is 0 Å². The number of hydrogen-bond donors (Lipinski definition) is 1. The van der Waals surface area contributed by atoms with E-state index in [2.05, 4.69) is 27.7 Å². The Kier molecular flexibility index (Phi) is 4.15. The summed E-state index contributed by atoms with van der Waals surface area (Å²) in [7, 11) is 0. The lowest BCUT2D eigenvalue weighted by atomic mass is 9.64. The summed E-state index contributed by atoms with van der Waals surface area (Å²) in [5, 5.41) is 9.68. The first kappa shape index (κ1) is 20.3. The Morgan fingerprint density at radius 3 is 1.85 bits per heavy atom. The van der Waals surface area contributed by atoms with Crippen molar-refractivity contribution in [3.63, 3.8) is 0 Å². The van der Waals surface area contributed by atoms with E-state index < -0.39 is 30.3 Å². The maximum Gasteiger partial charge on any atom is 0.426 e. The third-order valence-corrected chi connectivity index (χ3v) is 8.32. The normalized spacial score (nSPS) is 41.5. The second kappa shape index (κ2) is 5.32. The molecule has 3 rings (SSSR count). The van der Waals surface area contributed by atoms with Gasteiger partial charge in [-0.25, -0.2) is 0 Å². The summed E-state index contributed by atoms with van der Waals surface area (Å²) in [4.78, 5) is 0. The highest BCUT2D eigenvalue weighted by atomic mass is 19.4. The van der Waals surface area contributed by atoms with Crippen LogP contribution in [0.3, 0.4) is 0 Å². The van der Waals surface area contributed by atoms with E-state index in [1.165, 1.54) is 0 Å². The van der Waals surface area contributed by atoms with E-state index in [1.54, 1.807) is 0 Å². The minimum absolute atomic E-state index is 0.0139. The van der Waals surface area contributed by atoms with Crippen LogP contribution in [0.5, 0.6) is 0 Å². The van der Waals surface area contributed by atoms with Gasteiger partial charge < -0.3 is 5.11 Å². The Balaban J connectivity index is 1.92. The molecule has 6 atom stereocenters. The second-order valence-electron chi connectivity index (χ2n) is 10.2. The lowest BCUT2D eigenvalue weighted by Crippen LogP contribution is -2.58. The molecule has 0 heterocycles. The van der Waals surface area contributed by atoms with Gasteiger partial charge in [0.1, 0.15) is 0 Å². The Morgan fingerprint density at radius 2 is 1.38 bits per heavy atom. The molecular weight excluding hydrogens is 358 g/mol. The molecule has 152 valence electrons. The Bertz CT molecular complexity index is 562. The fraction of sp³-hybridized carbons (Fsp3) is 1.00. The van der Waals surface area contributed by atoms with Crippen LogP contribution in [0.15, 0.2) is 0 Å². The predicted molar refractivity (Wildman–Crippen MR) is 85.1 cm³/mol. The van der Waals surface area contributed by atoms with Gasteiger partial charge in [-0.1, -0.05) is 34.6 Å². The van der Waals surface area contributed by atoms with E-state index in [0.29, 0.717) is 24.7 Å². The zero-order chi connectivity index (χ0) is 20.1. The SMILES string of the molecule is CC1[C@@H]2C[C@@H](CC2CC(O)(C(F)(F)F)C(F)(F)F)C2C(C2(C)C)C1(C)C. The van der Waals surface area contributed by atoms with Gasteiger partial charge in [0.15, 0.2) is 0 Å². The molecule has 3 aliphatic rings. The highest BCUT2D eigenvalue weighted by Crippen LogP contribution is 2.76. The quantitative estimate of drug-likeness (QED) is 0.593. The van der Waals surface area contributed by atoms with Crippen LogP contribution >= 0.6 is 0 Å². The van der Waals surface area contributed by atoms with Crippen LogP contribution < -0.4 is 0 Å². The topological polar surface area (TPSA) is 20.2 Å². The minimum atomic E-state index is -5.72. The molecule has 0 aromatic rings. The molecule has 7 heteroatoms. The lowest BCUT2D eigenvalue weighted by Gasteiger charge is -2.42. The van der Waals surface area contributed by atoms with Gasteiger partial charge in [-0.15, -0.1) is 0 Å². The number of hydrogen-bond acceptors (Lipinski definition) is 1. The maximum atomic E-state index is 13.2. The van der Waals surface area contributed by atoms with Gasteiger partial charge in [0, 0.05) is 0 Å². The molecule has 0 aromatic heterocycles. The van der Waals surface area contributed by atoms with E-state index >= 15 is 0 Å². The first-order chi connectivity index (χ1) is 11.5. The second-order valence-corrected chi connectivity index (χ2v) is 10.2. The Morgan fingerprint density at radius 1 is 0.885 bits per heavy atom. The van der Waals surface area contributed by atoms with Crippen molar-refractivity contribution < 1.29 is 31.4 Å². The number of aliphatic hydroxyl groups is 1. The zero-order valence-corrected chi connectivity index (χ0v) is 15.8. The molecule has 1 nitrogen and oxygen atoms in total. The first-order valence-electron chi connectivity index (χ1n) is 9.32. The number of halogens is 6. The van der Waals surface area contributed by atoms with Crippen LogP contribution in [0, 0.1) is 46.3 Å². The van der Waals surface area contributed by atoms with Crippen molar-refractivity contribution in [1.82, 2.24) is 0 Å².